The molecule has 0 nitrogen and oxygen atoms in total. The van der Waals surface area contributed by atoms with Crippen LogP contribution in [0.15, 0.2) is 96.6 Å². The van der Waals surface area contributed by atoms with Gasteiger partial charge in [0.1, 0.15) is 0 Å². The molecule has 0 bridgehead atoms. The summed E-state index contributed by atoms with van der Waals surface area (Å²) < 4.78 is 0. The standard InChI is InChI=1S/C40H41.Hf/c1-25(2)35-23-37-31(29-13-9-7-10-14-29)19-17-27(5)39(37)33(35)21-22-34-36(26(3)4)24-38-32(20-18-28(6)40(34)38)30-15-11-8-12-16-30;/h7-20,23-26,33H,21-22H2,1-6H3;/q-1;. The zero-order valence-electron chi connectivity index (χ0n) is 25.4. The van der Waals surface area contributed by atoms with Crippen molar-refractivity contribution in [3.8, 4) is 22.3 Å². The van der Waals surface area contributed by atoms with E-state index in [0.717, 1.165) is 12.8 Å². The molecule has 41 heavy (non-hydrogen) atoms. The molecule has 0 radical (unpaired) electrons. The van der Waals surface area contributed by atoms with Gasteiger partial charge in [0.15, 0.2) is 0 Å². The van der Waals surface area contributed by atoms with Crippen molar-refractivity contribution in [3.05, 3.63) is 130 Å². The molecule has 1 aliphatic carbocycles. The molecule has 0 spiro atoms. The van der Waals surface area contributed by atoms with Gasteiger partial charge in [-0.1, -0.05) is 137 Å². The van der Waals surface area contributed by atoms with Crippen LogP contribution >= 0.6 is 0 Å². The maximum Gasteiger partial charge on any atom is 0.00586 e. The fraction of sp³-hybridized carbons (Fsp3) is 0.275. The van der Waals surface area contributed by atoms with Gasteiger partial charge in [-0.05, 0) is 58.6 Å². The summed E-state index contributed by atoms with van der Waals surface area (Å²) in [6.45, 7) is 14.1. The Kier molecular flexibility index (Phi) is 8.76. The Balaban J connectivity index is 0.00000337. The molecule has 0 saturated heterocycles. The van der Waals surface area contributed by atoms with E-state index < -0.39 is 0 Å². The molecule has 5 aromatic carbocycles. The second-order valence-corrected chi connectivity index (χ2v) is 12.3. The second-order valence-electron chi connectivity index (χ2n) is 12.3. The smallest absolute Gasteiger partial charge is 0.00586 e. The summed E-state index contributed by atoms with van der Waals surface area (Å²) in [5, 5.41) is 2.90. The molecule has 0 amide bonds. The quantitative estimate of drug-likeness (QED) is 0.117. The summed E-state index contributed by atoms with van der Waals surface area (Å²) in [7, 11) is 0. The number of hydrogen-bond acceptors (Lipinski definition) is 0. The van der Waals surface area contributed by atoms with Crippen molar-refractivity contribution in [3.63, 3.8) is 0 Å². The molecule has 1 aliphatic rings. The summed E-state index contributed by atoms with van der Waals surface area (Å²) in [5.74, 6) is 1.47. The molecule has 0 heterocycles. The van der Waals surface area contributed by atoms with Gasteiger partial charge in [-0.15, -0.1) is 33.5 Å². The minimum Gasteiger partial charge on any atom is -0.164 e. The maximum atomic E-state index is 2.53. The van der Waals surface area contributed by atoms with Crippen LogP contribution in [0.4, 0.5) is 0 Å². The summed E-state index contributed by atoms with van der Waals surface area (Å²) in [5.41, 5.74) is 15.8. The summed E-state index contributed by atoms with van der Waals surface area (Å²) >= 11 is 0. The fourth-order valence-corrected chi connectivity index (χ4v) is 7.16. The molecule has 206 valence electrons. The summed E-state index contributed by atoms with van der Waals surface area (Å²) in [6.07, 6.45) is 4.77. The summed E-state index contributed by atoms with van der Waals surface area (Å²) in [4.78, 5) is 0. The zero-order valence-corrected chi connectivity index (χ0v) is 29.0. The third-order valence-corrected chi connectivity index (χ3v) is 9.11. The molecule has 0 aliphatic heterocycles. The third-order valence-electron chi connectivity index (χ3n) is 9.11. The van der Waals surface area contributed by atoms with Crippen molar-refractivity contribution < 1.29 is 25.8 Å². The van der Waals surface area contributed by atoms with E-state index >= 15 is 0 Å². The molecule has 1 atom stereocenters. The van der Waals surface area contributed by atoms with Gasteiger partial charge >= 0.3 is 0 Å². The SMILES string of the molecule is Cc1ccc(-c2ccccc2)c2c1C(CC[c-]1c(C(C)C)cc3c(-c4ccccc4)ccc(C)c31)C(C(C)C)=C2.[Hf]. The van der Waals surface area contributed by atoms with Crippen LogP contribution < -0.4 is 0 Å². The molecule has 0 N–H and O–H groups in total. The Morgan fingerprint density at radius 2 is 1.27 bits per heavy atom. The van der Waals surface area contributed by atoms with Crippen LogP contribution in [0.1, 0.15) is 79.3 Å². The monoisotopic (exact) mass is 701 g/mol. The average molecular weight is 700 g/mol. The molecule has 0 aromatic heterocycles. The molecule has 0 saturated carbocycles. The van der Waals surface area contributed by atoms with Crippen molar-refractivity contribution in [2.45, 2.75) is 66.2 Å². The number of aryl methyl sites for hydroxylation is 3. The average Bonchev–Trinajstić information content (AvgIpc) is 3.54. The Bertz CT molecular complexity index is 1700. The zero-order chi connectivity index (χ0) is 28.0. The first-order valence-electron chi connectivity index (χ1n) is 15.0. The summed E-state index contributed by atoms with van der Waals surface area (Å²) in [6, 6.07) is 33.6. The van der Waals surface area contributed by atoms with Crippen LogP contribution in [0.5, 0.6) is 0 Å². The third kappa shape index (κ3) is 5.39. The minimum absolute atomic E-state index is 0. The van der Waals surface area contributed by atoms with Crippen LogP contribution in [0.3, 0.4) is 0 Å². The molecular formula is C40H41Hf-. The van der Waals surface area contributed by atoms with E-state index in [9.17, 15) is 0 Å². The normalized spacial score (nSPS) is 14.4. The number of rotatable bonds is 7. The van der Waals surface area contributed by atoms with Crippen LogP contribution in [0.25, 0.3) is 39.1 Å². The van der Waals surface area contributed by atoms with E-state index in [-0.39, 0.29) is 25.8 Å². The van der Waals surface area contributed by atoms with Gasteiger partial charge in [0.2, 0.25) is 0 Å². The molecular weight excluding hydrogens is 659 g/mol. The first-order valence-corrected chi connectivity index (χ1v) is 15.0. The number of fused-ring (bicyclic) bond motifs is 2. The predicted octanol–water partition coefficient (Wildman–Crippen LogP) is 11.4. The van der Waals surface area contributed by atoms with Crippen molar-refractivity contribution in [2.75, 3.05) is 0 Å². The van der Waals surface area contributed by atoms with Gasteiger partial charge in [0.25, 0.3) is 0 Å². The van der Waals surface area contributed by atoms with Gasteiger partial charge in [0, 0.05) is 31.8 Å². The van der Waals surface area contributed by atoms with E-state index in [0.29, 0.717) is 17.8 Å². The van der Waals surface area contributed by atoms with Crippen LogP contribution in [-0.2, 0) is 32.3 Å². The first kappa shape index (κ1) is 29.6. The van der Waals surface area contributed by atoms with Gasteiger partial charge in [-0.3, -0.25) is 0 Å². The van der Waals surface area contributed by atoms with E-state index in [4.69, 9.17) is 0 Å². The minimum atomic E-state index is 0. The molecule has 1 unspecified atom stereocenters. The fourth-order valence-electron chi connectivity index (χ4n) is 7.16. The largest absolute Gasteiger partial charge is 0.164 e. The van der Waals surface area contributed by atoms with Crippen molar-refractivity contribution >= 4 is 16.8 Å². The molecule has 1 heteroatoms. The Hall–Kier alpha value is -2.90. The molecule has 6 rings (SSSR count). The van der Waals surface area contributed by atoms with E-state index in [1.807, 2.05) is 0 Å². The van der Waals surface area contributed by atoms with Gasteiger partial charge in [-0.25, -0.2) is 0 Å². The number of allylic oxidation sites excluding steroid dienone is 1. The van der Waals surface area contributed by atoms with Gasteiger partial charge < -0.3 is 0 Å². The van der Waals surface area contributed by atoms with Crippen LogP contribution in [0, 0.1) is 19.8 Å². The molecule has 0 fully saturated rings. The number of benzene rings is 4. The topological polar surface area (TPSA) is 0 Å². The van der Waals surface area contributed by atoms with Crippen molar-refractivity contribution in [1.82, 2.24) is 0 Å². The van der Waals surface area contributed by atoms with E-state index in [1.165, 1.54) is 55.3 Å². The maximum absolute atomic E-state index is 2.53. The van der Waals surface area contributed by atoms with Crippen molar-refractivity contribution in [2.24, 2.45) is 5.92 Å². The Morgan fingerprint density at radius 1 is 0.683 bits per heavy atom. The molecule has 5 aromatic rings. The second kappa shape index (κ2) is 12.1. The van der Waals surface area contributed by atoms with E-state index in [1.54, 1.807) is 16.7 Å². The van der Waals surface area contributed by atoms with E-state index in [2.05, 4.69) is 139 Å². The van der Waals surface area contributed by atoms with Gasteiger partial charge in [0.05, 0.1) is 0 Å². The Labute approximate surface area is 265 Å². The predicted molar refractivity (Wildman–Crippen MR) is 174 cm³/mol. The Morgan fingerprint density at radius 3 is 1.88 bits per heavy atom. The van der Waals surface area contributed by atoms with Crippen molar-refractivity contribution in [1.29, 1.82) is 0 Å². The van der Waals surface area contributed by atoms with Crippen LogP contribution in [0.2, 0.25) is 0 Å². The number of hydrogen-bond donors (Lipinski definition) is 0. The van der Waals surface area contributed by atoms with Gasteiger partial charge in [-0.2, -0.15) is 6.07 Å². The first-order chi connectivity index (χ1) is 19.3. The van der Waals surface area contributed by atoms with Crippen LogP contribution in [-0.4, -0.2) is 0 Å².